The summed E-state index contributed by atoms with van der Waals surface area (Å²) in [5, 5.41) is 32.8. The van der Waals surface area contributed by atoms with Crippen LogP contribution in [-0.4, -0.2) is 70.2 Å². The van der Waals surface area contributed by atoms with Crippen LogP contribution in [0.1, 0.15) is 6.42 Å². The monoisotopic (exact) mass is 228 g/mol. The SMILES string of the molecule is C=CCN[C@H]1CN2CCC(O)C2[C@@H](O)[C@@H]1O. The second-order valence-electron chi connectivity index (χ2n) is 4.63. The van der Waals surface area contributed by atoms with E-state index >= 15 is 0 Å². The lowest BCUT2D eigenvalue weighted by molar-refractivity contribution is -0.101. The molecule has 2 aliphatic heterocycles. The van der Waals surface area contributed by atoms with Crippen LogP contribution in [0.25, 0.3) is 0 Å². The van der Waals surface area contributed by atoms with E-state index in [9.17, 15) is 15.3 Å². The Morgan fingerprint density at radius 2 is 2.06 bits per heavy atom. The highest BCUT2D eigenvalue weighted by atomic mass is 16.3. The number of piperidine rings is 1. The van der Waals surface area contributed by atoms with Crippen LogP contribution in [0, 0.1) is 0 Å². The highest BCUT2D eigenvalue weighted by Gasteiger charge is 2.47. The van der Waals surface area contributed by atoms with Crippen LogP contribution < -0.4 is 5.32 Å². The van der Waals surface area contributed by atoms with E-state index in [0.717, 1.165) is 6.54 Å². The molecule has 0 aromatic rings. The van der Waals surface area contributed by atoms with Gasteiger partial charge >= 0.3 is 0 Å². The first-order valence-electron chi connectivity index (χ1n) is 5.77. The van der Waals surface area contributed by atoms with Gasteiger partial charge in [0.1, 0.15) is 0 Å². The molecule has 92 valence electrons. The second-order valence-corrected chi connectivity index (χ2v) is 4.63. The number of aliphatic hydroxyl groups is 3. The molecule has 0 spiro atoms. The zero-order valence-electron chi connectivity index (χ0n) is 9.29. The predicted octanol–water partition coefficient (Wildman–Crippen LogP) is -1.70. The number of aliphatic hydroxyl groups excluding tert-OH is 3. The van der Waals surface area contributed by atoms with Crippen molar-refractivity contribution in [1.29, 1.82) is 0 Å². The van der Waals surface area contributed by atoms with Gasteiger partial charge < -0.3 is 20.6 Å². The highest BCUT2D eigenvalue weighted by Crippen LogP contribution is 2.28. The van der Waals surface area contributed by atoms with E-state index in [1.807, 2.05) is 4.90 Å². The van der Waals surface area contributed by atoms with Gasteiger partial charge in [-0.15, -0.1) is 6.58 Å². The summed E-state index contributed by atoms with van der Waals surface area (Å²) in [4.78, 5) is 2.04. The second kappa shape index (κ2) is 4.81. The normalized spacial score (nSPS) is 44.3. The lowest BCUT2D eigenvalue weighted by atomic mass is 9.91. The average molecular weight is 228 g/mol. The van der Waals surface area contributed by atoms with Crippen molar-refractivity contribution in [2.45, 2.75) is 36.8 Å². The van der Waals surface area contributed by atoms with Crippen LogP contribution in [0.3, 0.4) is 0 Å². The molecule has 0 radical (unpaired) electrons. The van der Waals surface area contributed by atoms with Gasteiger partial charge in [-0.2, -0.15) is 0 Å². The van der Waals surface area contributed by atoms with Gasteiger partial charge in [-0.3, -0.25) is 4.90 Å². The van der Waals surface area contributed by atoms with Crippen molar-refractivity contribution < 1.29 is 15.3 Å². The van der Waals surface area contributed by atoms with Crippen LogP contribution >= 0.6 is 0 Å². The van der Waals surface area contributed by atoms with Gasteiger partial charge in [0.25, 0.3) is 0 Å². The van der Waals surface area contributed by atoms with Crippen LogP contribution in [-0.2, 0) is 0 Å². The standard InChI is InChI=1S/C11H20N2O3/c1-2-4-12-7-6-13-5-3-8(14)9(13)11(16)10(7)15/h2,7-12,14-16H,1,3-6H2/t7-,8?,9?,10+,11+/m0/s1. The zero-order valence-corrected chi connectivity index (χ0v) is 9.29. The number of rotatable bonds is 3. The maximum Gasteiger partial charge on any atom is 0.0994 e. The van der Waals surface area contributed by atoms with Crippen molar-refractivity contribution in [1.82, 2.24) is 10.2 Å². The summed E-state index contributed by atoms with van der Waals surface area (Å²) in [5.74, 6) is 0. The molecule has 2 aliphatic rings. The van der Waals surface area contributed by atoms with Crippen molar-refractivity contribution in [2.24, 2.45) is 0 Å². The molecule has 4 N–H and O–H groups in total. The molecule has 2 fully saturated rings. The van der Waals surface area contributed by atoms with Crippen LogP contribution in [0.2, 0.25) is 0 Å². The Hall–Kier alpha value is -0.460. The first-order valence-corrected chi connectivity index (χ1v) is 5.77. The third-order valence-corrected chi connectivity index (χ3v) is 3.60. The van der Waals surface area contributed by atoms with Gasteiger partial charge in [0, 0.05) is 25.7 Å². The quantitative estimate of drug-likeness (QED) is 0.433. The zero-order chi connectivity index (χ0) is 11.7. The largest absolute Gasteiger partial charge is 0.391 e. The first-order chi connectivity index (χ1) is 7.65. The summed E-state index contributed by atoms with van der Waals surface area (Å²) in [6.45, 7) is 5.65. The minimum absolute atomic E-state index is 0.158. The average Bonchev–Trinajstić information content (AvgIpc) is 2.63. The molecule has 2 heterocycles. The molecular formula is C11H20N2O3. The maximum atomic E-state index is 9.97. The Balaban J connectivity index is 2.03. The topological polar surface area (TPSA) is 76.0 Å². The molecule has 5 nitrogen and oxygen atoms in total. The number of nitrogens with zero attached hydrogens (tertiary/aromatic N) is 1. The van der Waals surface area contributed by atoms with Crippen LogP contribution in [0.5, 0.6) is 0 Å². The van der Waals surface area contributed by atoms with Crippen LogP contribution in [0.15, 0.2) is 12.7 Å². The Labute approximate surface area is 95.4 Å². The van der Waals surface area contributed by atoms with Crippen molar-refractivity contribution in [3.63, 3.8) is 0 Å². The van der Waals surface area contributed by atoms with Crippen molar-refractivity contribution in [2.75, 3.05) is 19.6 Å². The molecule has 16 heavy (non-hydrogen) atoms. The van der Waals surface area contributed by atoms with Crippen molar-refractivity contribution in [3.8, 4) is 0 Å². The molecule has 2 unspecified atom stereocenters. The van der Waals surface area contributed by atoms with Crippen LogP contribution in [0.4, 0.5) is 0 Å². The summed E-state index contributed by atoms with van der Waals surface area (Å²) in [5.41, 5.74) is 0. The number of nitrogens with one attached hydrogen (secondary N) is 1. The van der Waals surface area contributed by atoms with Gasteiger partial charge in [-0.05, 0) is 6.42 Å². The minimum Gasteiger partial charge on any atom is -0.391 e. The van der Waals surface area contributed by atoms with E-state index in [2.05, 4.69) is 11.9 Å². The summed E-state index contributed by atoms with van der Waals surface area (Å²) < 4.78 is 0. The third kappa shape index (κ3) is 2.01. The fourth-order valence-corrected chi connectivity index (χ4v) is 2.74. The van der Waals surface area contributed by atoms with E-state index in [4.69, 9.17) is 0 Å². The van der Waals surface area contributed by atoms with Crippen molar-refractivity contribution >= 4 is 0 Å². The number of hydrogen-bond acceptors (Lipinski definition) is 5. The molecule has 2 saturated heterocycles. The highest BCUT2D eigenvalue weighted by molar-refractivity contribution is 5.03. The summed E-state index contributed by atoms with van der Waals surface area (Å²) >= 11 is 0. The van der Waals surface area contributed by atoms with Gasteiger partial charge in [0.15, 0.2) is 0 Å². The van der Waals surface area contributed by atoms with E-state index in [0.29, 0.717) is 19.5 Å². The van der Waals surface area contributed by atoms with E-state index in [1.165, 1.54) is 0 Å². The van der Waals surface area contributed by atoms with Gasteiger partial charge in [0.05, 0.1) is 24.4 Å². The molecule has 5 heteroatoms. The molecule has 0 amide bonds. The summed E-state index contributed by atoms with van der Waals surface area (Å²) in [6, 6.07) is -0.466. The Morgan fingerprint density at radius 3 is 2.75 bits per heavy atom. The molecule has 0 bridgehead atoms. The molecule has 0 aliphatic carbocycles. The van der Waals surface area contributed by atoms with E-state index in [-0.39, 0.29) is 12.1 Å². The Bertz CT molecular complexity index is 262. The summed E-state index contributed by atoms with van der Waals surface area (Å²) in [6.07, 6.45) is 0.166. The molecular weight excluding hydrogens is 208 g/mol. The smallest absolute Gasteiger partial charge is 0.0994 e. The third-order valence-electron chi connectivity index (χ3n) is 3.60. The molecule has 2 rings (SSSR count). The molecule has 0 aromatic heterocycles. The molecule has 0 aromatic carbocycles. The molecule has 5 atom stereocenters. The van der Waals surface area contributed by atoms with Gasteiger partial charge in [-0.25, -0.2) is 0 Å². The predicted molar refractivity (Wildman–Crippen MR) is 60.0 cm³/mol. The minimum atomic E-state index is -0.881. The van der Waals surface area contributed by atoms with E-state index < -0.39 is 18.3 Å². The first kappa shape index (κ1) is 12.0. The maximum absolute atomic E-state index is 9.97. The van der Waals surface area contributed by atoms with E-state index in [1.54, 1.807) is 6.08 Å². The fraction of sp³-hybridized carbons (Fsp3) is 0.818. The Kier molecular flexibility index (Phi) is 3.61. The Morgan fingerprint density at radius 1 is 1.31 bits per heavy atom. The molecule has 0 saturated carbocycles. The van der Waals surface area contributed by atoms with Gasteiger partial charge in [-0.1, -0.05) is 6.08 Å². The lowest BCUT2D eigenvalue weighted by Crippen LogP contribution is -2.65. The number of hydrogen-bond donors (Lipinski definition) is 4. The fourth-order valence-electron chi connectivity index (χ4n) is 2.74. The summed E-state index contributed by atoms with van der Waals surface area (Å²) in [7, 11) is 0. The number of fused-ring (bicyclic) bond motifs is 1. The lowest BCUT2D eigenvalue weighted by Gasteiger charge is -2.43. The van der Waals surface area contributed by atoms with Crippen molar-refractivity contribution in [3.05, 3.63) is 12.7 Å². The van der Waals surface area contributed by atoms with Gasteiger partial charge in [0.2, 0.25) is 0 Å².